The molecule has 0 aromatic heterocycles. The molecule has 0 spiro atoms. The van der Waals surface area contributed by atoms with Crippen molar-refractivity contribution >= 4 is 20.2 Å². The third kappa shape index (κ3) is 5.29. The molecule has 0 heterocycles. The third-order valence-corrected chi connectivity index (χ3v) is 4.33. The van der Waals surface area contributed by atoms with E-state index in [-0.39, 0.29) is 12.5 Å². The number of aryl methyl sites for hydroxylation is 1. The van der Waals surface area contributed by atoms with E-state index in [0.717, 1.165) is 36.5 Å². The maximum atomic E-state index is 11.1. The Morgan fingerprint density at radius 1 is 1.10 bits per heavy atom. The van der Waals surface area contributed by atoms with Crippen LogP contribution in [-0.2, 0) is 37.3 Å². The second kappa shape index (κ2) is 5.94. The van der Waals surface area contributed by atoms with E-state index in [9.17, 15) is 16.8 Å². The Labute approximate surface area is 125 Å². The molecule has 6 nitrogen and oxygen atoms in total. The number of benzene rings is 1. The van der Waals surface area contributed by atoms with Gasteiger partial charge in [0.05, 0.1) is 19.1 Å². The summed E-state index contributed by atoms with van der Waals surface area (Å²) in [5.74, 6) is 0.455. The van der Waals surface area contributed by atoms with Crippen LogP contribution in [-0.4, -0.2) is 36.0 Å². The zero-order valence-corrected chi connectivity index (χ0v) is 13.5. The molecule has 0 N–H and O–H groups in total. The lowest BCUT2D eigenvalue weighted by molar-refractivity contribution is 0.241. The lowest BCUT2D eigenvalue weighted by Gasteiger charge is -2.24. The average molecular weight is 334 g/mol. The Bertz CT molecular complexity index is 721. The topological polar surface area (TPSA) is 86.7 Å². The lowest BCUT2D eigenvalue weighted by atomic mass is 9.84. The van der Waals surface area contributed by atoms with Gasteiger partial charge < -0.3 is 4.18 Å². The maximum Gasteiger partial charge on any atom is 0.306 e. The zero-order valence-electron chi connectivity index (χ0n) is 11.9. The Morgan fingerprint density at radius 2 is 1.81 bits per heavy atom. The van der Waals surface area contributed by atoms with Gasteiger partial charge in [0.1, 0.15) is 5.75 Å². The van der Waals surface area contributed by atoms with Crippen molar-refractivity contribution in [1.82, 2.24) is 0 Å². The van der Waals surface area contributed by atoms with Crippen molar-refractivity contribution in [3.05, 3.63) is 29.3 Å². The molecule has 118 valence electrons. The van der Waals surface area contributed by atoms with Crippen LogP contribution in [0.4, 0.5) is 0 Å². The summed E-state index contributed by atoms with van der Waals surface area (Å²) in [5, 5.41) is 0. The molecule has 2 rings (SSSR count). The van der Waals surface area contributed by atoms with Crippen LogP contribution in [0.2, 0.25) is 0 Å². The normalized spacial score (nSPS) is 19.0. The predicted molar refractivity (Wildman–Crippen MR) is 78.2 cm³/mol. The first kappa shape index (κ1) is 16.3. The van der Waals surface area contributed by atoms with Gasteiger partial charge in [-0.2, -0.15) is 16.8 Å². The molecule has 0 saturated heterocycles. The maximum absolute atomic E-state index is 11.1. The van der Waals surface area contributed by atoms with E-state index in [1.807, 2.05) is 6.07 Å². The first-order valence-electron chi connectivity index (χ1n) is 6.48. The van der Waals surface area contributed by atoms with Crippen molar-refractivity contribution in [2.75, 3.05) is 19.1 Å². The standard InChI is InChI=1S/C13H18O6S2/c1-20(14,15)18-9-10-3-4-12-8-13(19-21(2,16)17)6-5-11(12)7-10/h5-6,8,10H,3-4,7,9H2,1-2H3/t10-/m1/s1. The summed E-state index contributed by atoms with van der Waals surface area (Å²) in [6.45, 7) is 0.180. The molecule has 0 amide bonds. The Hall–Kier alpha value is -1.12. The van der Waals surface area contributed by atoms with Gasteiger partial charge in [-0.1, -0.05) is 6.07 Å². The molecule has 1 aliphatic carbocycles. The van der Waals surface area contributed by atoms with Gasteiger partial charge in [-0.25, -0.2) is 0 Å². The second-order valence-corrected chi connectivity index (χ2v) is 8.53. The summed E-state index contributed by atoms with van der Waals surface area (Å²) >= 11 is 0. The van der Waals surface area contributed by atoms with E-state index in [2.05, 4.69) is 0 Å². The summed E-state index contributed by atoms with van der Waals surface area (Å²) in [4.78, 5) is 0. The Morgan fingerprint density at radius 3 is 2.43 bits per heavy atom. The monoisotopic (exact) mass is 334 g/mol. The molecule has 1 atom stereocenters. The van der Waals surface area contributed by atoms with Crippen molar-refractivity contribution in [3.8, 4) is 5.75 Å². The predicted octanol–water partition coefficient (Wildman–Crippen LogP) is 1.11. The van der Waals surface area contributed by atoms with Gasteiger partial charge >= 0.3 is 10.1 Å². The van der Waals surface area contributed by atoms with Crippen LogP contribution < -0.4 is 4.18 Å². The molecule has 0 unspecified atom stereocenters. The highest BCUT2D eigenvalue weighted by molar-refractivity contribution is 7.86. The first-order chi connectivity index (χ1) is 9.62. The fourth-order valence-corrected chi connectivity index (χ4v) is 3.29. The zero-order chi connectivity index (χ0) is 15.7. The molecule has 0 radical (unpaired) electrons. The number of fused-ring (bicyclic) bond motifs is 1. The molecular weight excluding hydrogens is 316 g/mol. The van der Waals surface area contributed by atoms with Crippen LogP contribution in [0.5, 0.6) is 5.75 Å². The van der Waals surface area contributed by atoms with Crippen LogP contribution in [0.15, 0.2) is 18.2 Å². The van der Waals surface area contributed by atoms with Gasteiger partial charge in [-0.15, -0.1) is 0 Å². The quantitative estimate of drug-likeness (QED) is 0.750. The summed E-state index contributed by atoms with van der Waals surface area (Å²) in [5.41, 5.74) is 2.11. The van der Waals surface area contributed by atoms with E-state index >= 15 is 0 Å². The SMILES string of the molecule is CS(=O)(=O)OC[C@@H]1CCc2cc(OS(C)(=O)=O)ccc2C1. The molecule has 8 heteroatoms. The number of rotatable bonds is 5. The molecule has 0 bridgehead atoms. The van der Waals surface area contributed by atoms with Crippen molar-refractivity contribution in [2.45, 2.75) is 19.3 Å². The fraction of sp³-hybridized carbons (Fsp3) is 0.538. The van der Waals surface area contributed by atoms with Crippen molar-refractivity contribution in [1.29, 1.82) is 0 Å². The van der Waals surface area contributed by atoms with Crippen molar-refractivity contribution in [3.63, 3.8) is 0 Å². The lowest BCUT2D eigenvalue weighted by Crippen LogP contribution is -2.21. The van der Waals surface area contributed by atoms with Crippen LogP contribution in [0.3, 0.4) is 0 Å². The van der Waals surface area contributed by atoms with E-state index in [1.165, 1.54) is 0 Å². The van der Waals surface area contributed by atoms with Crippen LogP contribution >= 0.6 is 0 Å². The molecule has 1 aromatic carbocycles. The van der Waals surface area contributed by atoms with Gasteiger partial charge in [0.2, 0.25) is 0 Å². The summed E-state index contributed by atoms with van der Waals surface area (Å²) in [7, 11) is -6.94. The van der Waals surface area contributed by atoms with Crippen molar-refractivity contribution in [2.24, 2.45) is 5.92 Å². The molecule has 0 fully saturated rings. The minimum absolute atomic E-state index is 0.147. The minimum Gasteiger partial charge on any atom is -0.383 e. The smallest absolute Gasteiger partial charge is 0.306 e. The second-order valence-electron chi connectivity index (χ2n) is 5.32. The van der Waals surface area contributed by atoms with Gasteiger partial charge in [-0.3, -0.25) is 4.18 Å². The highest BCUT2D eigenvalue weighted by Crippen LogP contribution is 2.29. The van der Waals surface area contributed by atoms with E-state index in [4.69, 9.17) is 8.37 Å². The highest BCUT2D eigenvalue weighted by Gasteiger charge is 2.21. The molecule has 21 heavy (non-hydrogen) atoms. The van der Waals surface area contributed by atoms with E-state index in [1.54, 1.807) is 12.1 Å². The van der Waals surface area contributed by atoms with Gasteiger partial charge in [0.15, 0.2) is 0 Å². The molecule has 0 saturated carbocycles. The minimum atomic E-state index is -3.53. The van der Waals surface area contributed by atoms with Gasteiger partial charge in [-0.05, 0) is 48.4 Å². The third-order valence-electron chi connectivity index (χ3n) is 3.27. The van der Waals surface area contributed by atoms with Gasteiger partial charge in [0.25, 0.3) is 10.1 Å². The number of hydrogen-bond acceptors (Lipinski definition) is 6. The average Bonchev–Trinajstić information content (AvgIpc) is 2.33. The highest BCUT2D eigenvalue weighted by atomic mass is 32.2. The fourth-order valence-electron chi connectivity index (χ4n) is 2.40. The Kier molecular flexibility index (Phi) is 4.60. The summed E-state index contributed by atoms with van der Waals surface area (Å²) in [6, 6.07) is 5.16. The van der Waals surface area contributed by atoms with Crippen molar-refractivity contribution < 1.29 is 25.2 Å². The van der Waals surface area contributed by atoms with Crippen LogP contribution in [0, 0.1) is 5.92 Å². The summed E-state index contributed by atoms with van der Waals surface area (Å²) in [6.07, 6.45) is 4.30. The van der Waals surface area contributed by atoms with E-state index < -0.39 is 20.2 Å². The largest absolute Gasteiger partial charge is 0.383 e. The van der Waals surface area contributed by atoms with Crippen LogP contribution in [0.25, 0.3) is 0 Å². The summed E-state index contributed by atoms with van der Waals surface area (Å²) < 4.78 is 53.9. The number of hydrogen-bond donors (Lipinski definition) is 0. The Balaban J connectivity index is 2.06. The molecule has 1 aromatic rings. The molecule has 1 aliphatic rings. The van der Waals surface area contributed by atoms with Gasteiger partial charge in [0, 0.05) is 0 Å². The van der Waals surface area contributed by atoms with E-state index in [0.29, 0.717) is 12.2 Å². The van der Waals surface area contributed by atoms with Crippen LogP contribution in [0.1, 0.15) is 17.5 Å². The first-order valence-corrected chi connectivity index (χ1v) is 10.1. The molecular formula is C13H18O6S2. The molecule has 0 aliphatic heterocycles.